The van der Waals surface area contributed by atoms with Crippen molar-refractivity contribution in [2.45, 2.75) is 32.9 Å². The van der Waals surface area contributed by atoms with E-state index in [1.807, 2.05) is 19.9 Å². The van der Waals surface area contributed by atoms with Crippen LogP contribution >= 0.6 is 11.6 Å². The fraction of sp³-hybridized carbons (Fsp3) is 0.583. The number of piperazine rings is 1. The van der Waals surface area contributed by atoms with E-state index in [1.165, 1.54) is 38.1 Å². The molecular formula is C24H33ClF3N5. The van der Waals surface area contributed by atoms with Crippen LogP contribution in [0.3, 0.4) is 0 Å². The van der Waals surface area contributed by atoms with Gasteiger partial charge in [-0.3, -0.25) is 4.90 Å². The second kappa shape index (κ2) is 11.5. The molecule has 0 radical (unpaired) electrons. The second-order valence-corrected chi connectivity index (χ2v) is 8.93. The molecule has 182 valence electrons. The number of alkyl halides is 3. The molecule has 1 unspecified atom stereocenters. The molecule has 5 nitrogen and oxygen atoms in total. The Bertz CT molecular complexity index is 883. The highest BCUT2D eigenvalue weighted by molar-refractivity contribution is 6.31. The Kier molecular flexibility index (Phi) is 8.95. The van der Waals surface area contributed by atoms with Gasteiger partial charge in [-0.25, -0.2) is 0 Å². The molecule has 2 aliphatic heterocycles. The van der Waals surface area contributed by atoms with Gasteiger partial charge < -0.3 is 9.80 Å². The molecule has 3 heterocycles. The lowest BCUT2D eigenvalue weighted by Gasteiger charge is -2.38. The summed E-state index contributed by atoms with van der Waals surface area (Å²) in [7, 11) is 2.20. The first-order valence-corrected chi connectivity index (χ1v) is 12.0. The lowest BCUT2D eigenvalue weighted by Crippen LogP contribution is -2.49. The van der Waals surface area contributed by atoms with Crippen molar-refractivity contribution in [1.29, 1.82) is 0 Å². The largest absolute Gasteiger partial charge is 0.417 e. The van der Waals surface area contributed by atoms with Crippen LogP contribution in [0.5, 0.6) is 0 Å². The SMILES string of the molecule is CC.CN1CCCC(CN2CCN(c3ccc(-c4ccc(C(F)(F)F)c(Cl)c4)nn3)CC2)C1. The molecule has 2 aromatic rings. The van der Waals surface area contributed by atoms with Crippen LogP contribution in [0.1, 0.15) is 32.3 Å². The van der Waals surface area contributed by atoms with E-state index in [0.29, 0.717) is 11.3 Å². The Labute approximate surface area is 199 Å². The van der Waals surface area contributed by atoms with Gasteiger partial charge in [0.25, 0.3) is 0 Å². The van der Waals surface area contributed by atoms with Crippen molar-refractivity contribution in [3.05, 3.63) is 40.9 Å². The Morgan fingerprint density at radius 1 is 1.00 bits per heavy atom. The van der Waals surface area contributed by atoms with Crippen molar-refractivity contribution >= 4 is 17.4 Å². The second-order valence-electron chi connectivity index (χ2n) is 8.53. The average Bonchev–Trinajstić information content (AvgIpc) is 2.80. The predicted octanol–water partition coefficient (Wildman–Crippen LogP) is 5.31. The summed E-state index contributed by atoms with van der Waals surface area (Å²) in [6.07, 6.45) is -1.88. The summed E-state index contributed by atoms with van der Waals surface area (Å²) in [6, 6.07) is 7.30. The number of rotatable bonds is 4. The average molecular weight is 484 g/mol. The molecular weight excluding hydrogens is 451 g/mol. The van der Waals surface area contributed by atoms with Crippen molar-refractivity contribution in [2.24, 2.45) is 5.92 Å². The number of benzene rings is 1. The van der Waals surface area contributed by atoms with E-state index < -0.39 is 11.7 Å². The normalized spacial score (nSPS) is 20.3. The molecule has 0 aliphatic carbocycles. The van der Waals surface area contributed by atoms with E-state index in [-0.39, 0.29) is 5.02 Å². The van der Waals surface area contributed by atoms with Crippen LogP contribution in [0.25, 0.3) is 11.3 Å². The van der Waals surface area contributed by atoms with E-state index in [0.717, 1.165) is 50.5 Å². The molecule has 9 heteroatoms. The molecule has 0 bridgehead atoms. The molecule has 1 aromatic heterocycles. The van der Waals surface area contributed by atoms with E-state index in [9.17, 15) is 13.2 Å². The van der Waals surface area contributed by atoms with E-state index in [2.05, 4.69) is 31.9 Å². The van der Waals surface area contributed by atoms with E-state index in [1.54, 1.807) is 6.07 Å². The fourth-order valence-electron chi connectivity index (χ4n) is 4.50. The van der Waals surface area contributed by atoms with Gasteiger partial charge in [0.05, 0.1) is 16.3 Å². The fourth-order valence-corrected chi connectivity index (χ4v) is 4.79. The summed E-state index contributed by atoms with van der Waals surface area (Å²) in [5, 5.41) is 8.21. The Balaban J connectivity index is 0.00000149. The van der Waals surface area contributed by atoms with Gasteiger partial charge in [-0.1, -0.05) is 31.5 Å². The number of nitrogens with zero attached hydrogens (tertiary/aromatic N) is 5. The first kappa shape index (κ1) is 25.7. The summed E-state index contributed by atoms with van der Waals surface area (Å²) in [5.74, 6) is 1.54. The van der Waals surface area contributed by atoms with Crippen molar-refractivity contribution in [3.63, 3.8) is 0 Å². The first-order valence-electron chi connectivity index (χ1n) is 11.7. The summed E-state index contributed by atoms with van der Waals surface area (Å²) in [5.41, 5.74) is 0.166. The van der Waals surface area contributed by atoms with E-state index >= 15 is 0 Å². The highest BCUT2D eigenvalue weighted by Gasteiger charge is 2.33. The third-order valence-electron chi connectivity index (χ3n) is 6.16. The van der Waals surface area contributed by atoms with Gasteiger partial charge in [0, 0.05) is 44.8 Å². The molecule has 33 heavy (non-hydrogen) atoms. The molecule has 0 amide bonds. The van der Waals surface area contributed by atoms with Gasteiger partial charge in [-0.05, 0) is 56.6 Å². The molecule has 4 rings (SSSR count). The Morgan fingerprint density at radius 2 is 1.73 bits per heavy atom. The molecule has 0 saturated carbocycles. The number of halogens is 4. The van der Waals surface area contributed by atoms with Gasteiger partial charge in [0.2, 0.25) is 0 Å². The van der Waals surface area contributed by atoms with Gasteiger partial charge in [0.1, 0.15) is 0 Å². The number of likely N-dealkylation sites (tertiary alicyclic amines) is 1. The molecule has 0 N–H and O–H groups in total. The maximum absolute atomic E-state index is 12.9. The molecule has 2 aliphatic rings. The molecule has 0 spiro atoms. The summed E-state index contributed by atoms with van der Waals surface area (Å²) >= 11 is 5.82. The number of aromatic nitrogens is 2. The number of hydrogen-bond donors (Lipinski definition) is 0. The molecule has 2 fully saturated rings. The maximum atomic E-state index is 12.9. The molecule has 1 aromatic carbocycles. The lowest BCUT2D eigenvalue weighted by atomic mass is 9.97. The quantitative estimate of drug-likeness (QED) is 0.589. The third-order valence-corrected chi connectivity index (χ3v) is 6.47. The molecule has 1 atom stereocenters. The standard InChI is InChI=1S/C22H27ClF3N5.C2H6/c1-29-8-2-3-16(14-29)15-30-9-11-31(12-10-30)21-7-6-20(27-28-21)17-4-5-18(19(23)13-17)22(24,25)26;1-2/h4-7,13,16H,2-3,8-12,14-15H2,1H3;1-2H3. The van der Waals surface area contributed by atoms with E-state index in [4.69, 9.17) is 11.6 Å². The first-order chi connectivity index (χ1) is 15.8. The van der Waals surface area contributed by atoms with Gasteiger partial charge >= 0.3 is 6.18 Å². The lowest BCUT2D eigenvalue weighted by molar-refractivity contribution is -0.137. The van der Waals surface area contributed by atoms with Gasteiger partial charge in [-0.2, -0.15) is 13.2 Å². The number of anilines is 1. The van der Waals surface area contributed by atoms with Crippen LogP contribution in [0.2, 0.25) is 5.02 Å². The summed E-state index contributed by atoms with van der Waals surface area (Å²) in [4.78, 5) is 7.16. The minimum absolute atomic E-state index is 0.337. The summed E-state index contributed by atoms with van der Waals surface area (Å²) in [6.45, 7) is 11.3. The van der Waals surface area contributed by atoms with Crippen molar-refractivity contribution in [1.82, 2.24) is 20.0 Å². The Morgan fingerprint density at radius 3 is 2.30 bits per heavy atom. The summed E-state index contributed by atoms with van der Waals surface area (Å²) < 4.78 is 38.7. The highest BCUT2D eigenvalue weighted by atomic mass is 35.5. The topological polar surface area (TPSA) is 35.5 Å². The zero-order valence-corrected chi connectivity index (χ0v) is 20.3. The van der Waals surface area contributed by atoms with Crippen LogP contribution in [0.15, 0.2) is 30.3 Å². The monoisotopic (exact) mass is 483 g/mol. The highest BCUT2D eigenvalue weighted by Crippen LogP contribution is 2.36. The minimum Gasteiger partial charge on any atom is -0.353 e. The number of hydrogen-bond acceptors (Lipinski definition) is 5. The van der Waals surface area contributed by atoms with Crippen LogP contribution in [-0.2, 0) is 6.18 Å². The van der Waals surface area contributed by atoms with Gasteiger partial charge in [0.15, 0.2) is 5.82 Å². The van der Waals surface area contributed by atoms with Crippen LogP contribution in [-0.4, -0.2) is 72.9 Å². The van der Waals surface area contributed by atoms with Crippen molar-refractivity contribution in [2.75, 3.05) is 57.8 Å². The zero-order chi connectivity index (χ0) is 24.0. The smallest absolute Gasteiger partial charge is 0.353 e. The van der Waals surface area contributed by atoms with Crippen LogP contribution < -0.4 is 4.90 Å². The predicted molar refractivity (Wildman–Crippen MR) is 128 cm³/mol. The molecule has 2 saturated heterocycles. The Hall–Kier alpha value is -1.90. The zero-order valence-electron chi connectivity index (χ0n) is 19.6. The minimum atomic E-state index is -4.47. The van der Waals surface area contributed by atoms with Crippen molar-refractivity contribution in [3.8, 4) is 11.3 Å². The van der Waals surface area contributed by atoms with Crippen molar-refractivity contribution < 1.29 is 13.2 Å². The van der Waals surface area contributed by atoms with Crippen LogP contribution in [0.4, 0.5) is 19.0 Å². The third kappa shape index (κ3) is 6.80. The maximum Gasteiger partial charge on any atom is 0.417 e. The van der Waals surface area contributed by atoms with Crippen LogP contribution in [0, 0.1) is 5.92 Å². The number of piperidine rings is 1. The van der Waals surface area contributed by atoms with Gasteiger partial charge in [-0.15, -0.1) is 10.2 Å².